The molecule has 3 rings (SSSR count). The molecule has 32 heavy (non-hydrogen) atoms. The highest BCUT2D eigenvalue weighted by Gasteiger charge is 2.10. The molecular weight excluding hydrogens is 406 g/mol. The first-order valence-corrected chi connectivity index (χ1v) is 9.86. The van der Waals surface area contributed by atoms with E-state index in [1.54, 1.807) is 73.8 Å². The largest absolute Gasteiger partial charge is 0.497 e. The van der Waals surface area contributed by atoms with Crippen molar-refractivity contribution in [3.63, 3.8) is 0 Å². The average Bonchev–Trinajstić information content (AvgIpc) is 2.82. The van der Waals surface area contributed by atoms with Gasteiger partial charge in [0.15, 0.2) is 0 Å². The van der Waals surface area contributed by atoms with Gasteiger partial charge in [-0.05, 0) is 66.6 Å². The summed E-state index contributed by atoms with van der Waals surface area (Å²) in [6.07, 6.45) is 2.93. The Kier molecular flexibility index (Phi) is 7.37. The Balaban J connectivity index is 1.50. The van der Waals surface area contributed by atoms with Gasteiger partial charge in [-0.15, -0.1) is 0 Å². The summed E-state index contributed by atoms with van der Waals surface area (Å²) in [4.78, 5) is 36.5. The second-order valence-electron chi connectivity index (χ2n) is 6.90. The Bertz CT molecular complexity index is 1140. The number of nitrogens with one attached hydrogen (secondary N) is 3. The highest BCUT2D eigenvalue weighted by Crippen LogP contribution is 2.14. The summed E-state index contributed by atoms with van der Waals surface area (Å²) in [6, 6.07) is 20.8. The maximum absolute atomic E-state index is 12.4. The zero-order valence-electron chi connectivity index (χ0n) is 17.7. The predicted molar refractivity (Wildman–Crippen MR) is 123 cm³/mol. The first-order chi connectivity index (χ1) is 15.5. The van der Waals surface area contributed by atoms with Crippen LogP contribution < -0.4 is 20.9 Å². The van der Waals surface area contributed by atoms with Gasteiger partial charge in [-0.1, -0.05) is 30.3 Å². The van der Waals surface area contributed by atoms with Crippen LogP contribution in [0.3, 0.4) is 0 Å². The minimum absolute atomic E-state index is 0.226. The fourth-order valence-electron chi connectivity index (χ4n) is 2.85. The molecule has 3 aromatic carbocycles. The maximum atomic E-state index is 12.4. The third-order valence-electron chi connectivity index (χ3n) is 4.64. The van der Waals surface area contributed by atoms with Crippen LogP contribution in [0.1, 0.15) is 31.8 Å². The van der Waals surface area contributed by atoms with Crippen molar-refractivity contribution in [2.24, 2.45) is 0 Å². The average molecular weight is 429 g/mol. The molecule has 0 atom stereocenters. The molecule has 7 heteroatoms. The Morgan fingerprint density at radius 2 is 1.50 bits per heavy atom. The fourth-order valence-corrected chi connectivity index (χ4v) is 2.85. The molecule has 7 nitrogen and oxygen atoms in total. The summed E-state index contributed by atoms with van der Waals surface area (Å²) in [7, 11) is 1.58. The van der Waals surface area contributed by atoms with Gasteiger partial charge in [0.1, 0.15) is 5.75 Å². The van der Waals surface area contributed by atoms with Crippen LogP contribution in [0.5, 0.6) is 5.75 Å². The summed E-state index contributed by atoms with van der Waals surface area (Å²) >= 11 is 0. The first-order valence-electron chi connectivity index (χ1n) is 9.86. The number of amides is 3. The lowest BCUT2D eigenvalue weighted by molar-refractivity contribution is -0.117. The minimum atomic E-state index is -0.479. The van der Waals surface area contributed by atoms with Crippen LogP contribution in [-0.2, 0) is 4.79 Å². The number of hydrogen-bond donors (Lipinski definition) is 3. The van der Waals surface area contributed by atoms with Crippen LogP contribution in [0.4, 0.5) is 5.69 Å². The van der Waals surface area contributed by atoms with Crippen molar-refractivity contribution in [1.29, 1.82) is 0 Å². The van der Waals surface area contributed by atoms with Gasteiger partial charge in [0.25, 0.3) is 17.7 Å². The highest BCUT2D eigenvalue weighted by atomic mass is 16.5. The molecule has 0 aliphatic carbocycles. The molecule has 0 aliphatic rings. The van der Waals surface area contributed by atoms with Gasteiger partial charge >= 0.3 is 0 Å². The SMILES string of the molecule is COc1ccc(/C=C/C(=O)NNC(=O)c2ccc(NC(=O)c3ccccc3C)cc2)cc1. The van der Waals surface area contributed by atoms with Crippen molar-refractivity contribution in [3.05, 3.63) is 101 Å². The van der Waals surface area contributed by atoms with Crippen LogP contribution in [0.25, 0.3) is 6.08 Å². The van der Waals surface area contributed by atoms with E-state index in [4.69, 9.17) is 4.74 Å². The van der Waals surface area contributed by atoms with E-state index in [-0.39, 0.29) is 5.91 Å². The molecule has 0 fully saturated rings. The molecule has 0 spiro atoms. The number of carbonyl (C=O) groups excluding carboxylic acids is 3. The molecule has 3 amide bonds. The van der Waals surface area contributed by atoms with Gasteiger partial charge in [-0.25, -0.2) is 0 Å². The highest BCUT2D eigenvalue weighted by molar-refractivity contribution is 6.05. The van der Waals surface area contributed by atoms with Crippen molar-refractivity contribution in [3.8, 4) is 5.75 Å². The van der Waals surface area contributed by atoms with Crippen LogP contribution in [0.15, 0.2) is 78.9 Å². The minimum Gasteiger partial charge on any atom is -0.497 e. The van der Waals surface area contributed by atoms with E-state index in [1.165, 1.54) is 6.08 Å². The van der Waals surface area contributed by atoms with Gasteiger partial charge < -0.3 is 10.1 Å². The monoisotopic (exact) mass is 429 g/mol. The first kappa shape index (κ1) is 22.3. The number of carbonyl (C=O) groups is 3. The number of anilines is 1. The summed E-state index contributed by atoms with van der Waals surface area (Å²) in [6.45, 7) is 1.86. The van der Waals surface area contributed by atoms with E-state index in [0.29, 0.717) is 16.8 Å². The normalized spacial score (nSPS) is 10.4. The van der Waals surface area contributed by atoms with E-state index in [0.717, 1.165) is 16.9 Å². The summed E-state index contributed by atoms with van der Waals surface area (Å²) in [5.41, 5.74) is 7.84. The van der Waals surface area contributed by atoms with E-state index >= 15 is 0 Å². The second kappa shape index (κ2) is 10.6. The third kappa shape index (κ3) is 6.06. The lowest BCUT2D eigenvalue weighted by Gasteiger charge is -2.09. The van der Waals surface area contributed by atoms with Crippen LogP contribution in [-0.4, -0.2) is 24.8 Å². The van der Waals surface area contributed by atoms with Crippen LogP contribution in [0.2, 0.25) is 0 Å². The van der Waals surface area contributed by atoms with Crippen LogP contribution >= 0.6 is 0 Å². The van der Waals surface area contributed by atoms with E-state index in [1.807, 2.05) is 19.1 Å². The van der Waals surface area contributed by atoms with Crippen molar-refractivity contribution in [2.45, 2.75) is 6.92 Å². The molecule has 0 aromatic heterocycles. The molecule has 162 valence electrons. The van der Waals surface area contributed by atoms with Crippen molar-refractivity contribution >= 4 is 29.5 Å². The Hall–Kier alpha value is -4.39. The molecule has 0 unspecified atom stereocenters. The molecule has 0 bridgehead atoms. The predicted octanol–water partition coefficient (Wildman–Crippen LogP) is 3.73. The van der Waals surface area contributed by atoms with E-state index in [2.05, 4.69) is 16.2 Å². The zero-order chi connectivity index (χ0) is 22.9. The van der Waals surface area contributed by atoms with Gasteiger partial charge in [0, 0.05) is 22.9 Å². The smallest absolute Gasteiger partial charge is 0.269 e. The Labute approximate surface area is 186 Å². The Morgan fingerprint density at radius 1 is 0.812 bits per heavy atom. The number of ether oxygens (including phenoxy) is 1. The quantitative estimate of drug-likeness (QED) is 0.411. The van der Waals surface area contributed by atoms with Crippen LogP contribution in [0, 0.1) is 6.92 Å². The van der Waals surface area contributed by atoms with E-state index < -0.39 is 11.8 Å². The zero-order valence-corrected chi connectivity index (χ0v) is 17.7. The van der Waals surface area contributed by atoms with Gasteiger partial charge in [-0.2, -0.15) is 0 Å². The number of methoxy groups -OCH3 is 1. The fraction of sp³-hybridized carbons (Fsp3) is 0.0800. The number of benzene rings is 3. The molecule has 3 N–H and O–H groups in total. The molecule has 0 radical (unpaired) electrons. The van der Waals surface area contributed by atoms with Crippen molar-refractivity contribution in [1.82, 2.24) is 10.9 Å². The number of rotatable bonds is 6. The number of aryl methyl sites for hydroxylation is 1. The molecule has 0 saturated heterocycles. The van der Waals surface area contributed by atoms with Gasteiger partial charge in [0.2, 0.25) is 0 Å². The van der Waals surface area contributed by atoms with Gasteiger partial charge in [0.05, 0.1) is 7.11 Å². The lowest BCUT2D eigenvalue weighted by atomic mass is 10.1. The summed E-state index contributed by atoms with van der Waals surface area (Å²) in [5.74, 6) is -0.458. The Morgan fingerprint density at radius 3 is 2.16 bits per heavy atom. The molecule has 3 aromatic rings. The lowest BCUT2D eigenvalue weighted by Crippen LogP contribution is -2.40. The molecule has 0 saturated carbocycles. The number of hydrazine groups is 1. The molecule has 0 aliphatic heterocycles. The standard InChI is InChI=1S/C25H23N3O4/c1-17-5-3-4-6-22(17)25(31)26-20-12-10-19(11-13-20)24(30)28-27-23(29)16-9-18-7-14-21(32-2)15-8-18/h3-16H,1-2H3,(H,26,31)(H,27,29)(H,28,30)/b16-9+. The third-order valence-corrected chi connectivity index (χ3v) is 4.64. The topological polar surface area (TPSA) is 96.5 Å². The van der Waals surface area contributed by atoms with Gasteiger partial charge in [-0.3, -0.25) is 25.2 Å². The van der Waals surface area contributed by atoms with E-state index in [9.17, 15) is 14.4 Å². The second-order valence-corrected chi connectivity index (χ2v) is 6.90. The van der Waals surface area contributed by atoms with Crippen molar-refractivity contribution < 1.29 is 19.1 Å². The maximum Gasteiger partial charge on any atom is 0.269 e. The van der Waals surface area contributed by atoms with Crippen molar-refractivity contribution in [2.75, 3.05) is 12.4 Å². The molecule has 0 heterocycles. The summed E-state index contributed by atoms with van der Waals surface area (Å²) < 4.78 is 5.08. The summed E-state index contributed by atoms with van der Waals surface area (Å²) in [5, 5.41) is 2.80. The molecular formula is C25H23N3O4. The number of hydrogen-bond acceptors (Lipinski definition) is 4.